The minimum Gasteiger partial charge on any atom is -0.314 e. The lowest BCUT2D eigenvalue weighted by atomic mass is 10.2. The first kappa shape index (κ1) is 16.9. The highest BCUT2D eigenvalue weighted by Gasteiger charge is 2.08. The van der Waals surface area contributed by atoms with Gasteiger partial charge in [0.1, 0.15) is 0 Å². The molecule has 0 rings (SSSR count). The summed E-state index contributed by atoms with van der Waals surface area (Å²) in [6.45, 7) is 19.3. The average Bonchev–Trinajstić information content (AvgIpc) is 2.37. The van der Waals surface area contributed by atoms with Gasteiger partial charge in [-0.05, 0) is 33.0 Å². The van der Waals surface area contributed by atoms with Gasteiger partial charge in [0.15, 0.2) is 0 Å². The fraction of sp³-hybridized carbons (Fsp3) is 1.00. The molecule has 104 valence electrons. The molecular formula is C14H33N3. The van der Waals surface area contributed by atoms with Gasteiger partial charge in [0.25, 0.3) is 0 Å². The first-order valence-electron chi connectivity index (χ1n) is 7.36. The van der Waals surface area contributed by atoms with Crippen molar-refractivity contribution >= 4 is 0 Å². The Morgan fingerprint density at radius 2 is 1.47 bits per heavy atom. The van der Waals surface area contributed by atoms with Gasteiger partial charge in [-0.1, -0.05) is 27.7 Å². The number of nitrogens with one attached hydrogen (secondary N) is 1. The Kier molecular flexibility index (Phi) is 10.9. The molecule has 0 aromatic carbocycles. The molecule has 0 bridgehead atoms. The third kappa shape index (κ3) is 7.74. The summed E-state index contributed by atoms with van der Waals surface area (Å²) in [4.78, 5) is 5.00. The van der Waals surface area contributed by atoms with Crippen LogP contribution in [-0.4, -0.2) is 61.7 Å². The van der Waals surface area contributed by atoms with Gasteiger partial charge in [-0.3, -0.25) is 4.90 Å². The topological polar surface area (TPSA) is 18.5 Å². The summed E-state index contributed by atoms with van der Waals surface area (Å²) < 4.78 is 0. The van der Waals surface area contributed by atoms with Gasteiger partial charge < -0.3 is 10.2 Å². The van der Waals surface area contributed by atoms with Crippen molar-refractivity contribution in [1.29, 1.82) is 0 Å². The fourth-order valence-electron chi connectivity index (χ4n) is 2.07. The number of rotatable bonds is 11. The van der Waals surface area contributed by atoms with Crippen LogP contribution in [0.1, 0.15) is 41.0 Å². The smallest absolute Gasteiger partial charge is 0.0110 e. The van der Waals surface area contributed by atoms with Crippen LogP contribution in [0.3, 0.4) is 0 Å². The van der Waals surface area contributed by atoms with Crippen molar-refractivity contribution in [2.24, 2.45) is 0 Å². The summed E-state index contributed by atoms with van der Waals surface area (Å²) in [5, 5.41) is 3.54. The van der Waals surface area contributed by atoms with Crippen molar-refractivity contribution < 1.29 is 0 Å². The third-order valence-corrected chi connectivity index (χ3v) is 3.70. The molecule has 0 saturated carbocycles. The Hall–Kier alpha value is -0.120. The van der Waals surface area contributed by atoms with Gasteiger partial charge >= 0.3 is 0 Å². The predicted octanol–water partition coefficient (Wildman–Crippen LogP) is 2.04. The fourth-order valence-corrected chi connectivity index (χ4v) is 2.07. The molecule has 3 nitrogen and oxygen atoms in total. The molecule has 1 unspecified atom stereocenters. The van der Waals surface area contributed by atoms with Crippen LogP contribution in [0.2, 0.25) is 0 Å². The Bertz CT molecular complexity index is 158. The second-order valence-corrected chi connectivity index (χ2v) is 4.66. The quantitative estimate of drug-likeness (QED) is 0.560. The SMILES string of the molecule is CCC(C)N(CC)CCNCCN(CC)CC. The molecule has 0 aromatic rings. The molecule has 3 heteroatoms. The van der Waals surface area contributed by atoms with E-state index in [1.54, 1.807) is 0 Å². The highest BCUT2D eigenvalue weighted by atomic mass is 15.2. The maximum atomic E-state index is 3.54. The first-order valence-corrected chi connectivity index (χ1v) is 7.36. The lowest BCUT2D eigenvalue weighted by Crippen LogP contribution is -2.39. The summed E-state index contributed by atoms with van der Waals surface area (Å²) in [6, 6.07) is 0.713. The molecule has 0 fully saturated rings. The summed E-state index contributed by atoms with van der Waals surface area (Å²) in [6.07, 6.45) is 1.24. The summed E-state index contributed by atoms with van der Waals surface area (Å²) in [7, 11) is 0. The van der Waals surface area contributed by atoms with Crippen molar-refractivity contribution in [3.63, 3.8) is 0 Å². The number of nitrogens with zero attached hydrogens (tertiary/aromatic N) is 2. The van der Waals surface area contributed by atoms with E-state index < -0.39 is 0 Å². The van der Waals surface area contributed by atoms with E-state index in [2.05, 4.69) is 49.7 Å². The van der Waals surface area contributed by atoms with E-state index >= 15 is 0 Å². The molecule has 0 aromatic heterocycles. The zero-order valence-electron chi connectivity index (χ0n) is 12.6. The maximum absolute atomic E-state index is 3.54. The largest absolute Gasteiger partial charge is 0.314 e. The van der Waals surface area contributed by atoms with Gasteiger partial charge in [0.05, 0.1) is 0 Å². The second-order valence-electron chi connectivity index (χ2n) is 4.66. The van der Waals surface area contributed by atoms with Crippen LogP contribution < -0.4 is 5.32 Å². The van der Waals surface area contributed by atoms with Crippen molar-refractivity contribution in [1.82, 2.24) is 15.1 Å². The van der Waals surface area contributed by atoms with Gasteiger partial charge in [-0.15, -0.1) is 0 Å². The summed E-state index contributed by atoms with van der Waals surface area (Å²) >= 11 is 0. The molecule has 0 aliphatic heterocycles. The molecule has 0 aliphatic rings. The second kappa shape index (κ2) is 11.0. The molecule has 0 radical (unpaired) electrons. The highest BCUT2D eigenvalue weighted by molar-refractivity contribution is 4.65. The van der Waals surface area contributed by atoms with E-state index in [0.29, 0.717) is 6.04 Å². The standard InChI is InChI=1S/C14H33N3/c1-6-14(5)17(9-4)13-11-15-10-12-16(7-2)8-3/h14-15H,6-13H2,1-5H3. The van der Waals surface area contributed by atoms with Crippen molar-refractivity contribution in [2.75, 3.05) is 45.8 Å². The van der Waals surface area contributed by atoms with E-state index in [1.165, 1.54) is 19.5 Å². The Balaban J connectivity index is 3.55. The number of likely N-dealkylation sites (N-methyl/N-ethyl adjacent to an activating group) is 2. The molecule has 0 amide bonds. The lowest BCUT2D eigenvalue weighted by Gasteiger charge is -2.27. The summed E-state index contributed by atoms with van der Waals surface area (Å²) in [5.74, 6) is 0. The lowest BCUT2D eigenvalue weighted by molar-refractivity contribution is 0.213. The zero-order chi connectivity index (χ0) is 13.1. The number of hydrogen-bond acceptors (Lipinski definition) is 3. The zero-order valence-corrected chi connectivity index (χ0v) is 12.6. The van der Waals surface area contributed by atoms with Crippen LogP contribution in [0.5, 0.6) is 0 Å². The predicted molar refractivity (Wildman–Crippen MR) is 77.7 cm³/mol. The number of hydrogen-bond donors (Lipinski definition) is 1. The van der Waals surface area contributed by atoms with E-state index in [1.807, 2.05) is 0 Å². The molecule has 0 heterocycles. The van der Waals surface area contributed by atoms with Crippen molar-refractivity contribution in [3.8, 4) is 0 Å². The molecule has 0 spiro atoms. The van der Waals surface area contributed by atoms with Crippen molar-refractivity contribution in [3.05, 3.63) is 0 Å². The van der Waals surface area contributed by atoms with Crippen molar-refractivity contribution in [2.45, 2.75) is 47.1 Å². The van der Waals surface area contributed by atoms with Crippen LogP contribution in [0.25, 0.3) is 0 Å². The molecular weight excluding hydrogens is 210 g/mol. The Morgan fingerprint density at radius 1 is 0.882 bits per heavy atom. The van der Waals surface area contributed by atoms with E-state index in [4.69, 9.17) is 0 Å². The molecule has 1 N–H and O–H groups in total. The normalized spacial score (nSPS) is 13.6. The van der Waals surface area contributed by atoms with Gasteiger partial charge in [-0.25, -0.2) is 0 Å². The Morgan fingerprint density at radius 3 is 1.94 bits per heavy atom. The van der Waals surface area contributed by atoms with Gasteiger partial charge in [-0.2, -0.15) is 0 Å². The molecule has 17 heavy (non-hydrogen) atoms. The van der Waals surface area contributed by atoms with Crippen LogP contribution >= 0.6 is 0 Å². The monoisotopic (exact) mass is 243 g/mol. The van der Waals surface area contributed by atoms with Gasteiger partial charge in [0.2, 0.25) is 0 Å². The highest BCUT2D eigenvalue weighted by Crippen LogP contribution is 2.01. The minimum atomic E-state index is 0.713. The molecule has 0 saturated heterocycles. The van der Waals surface area contributed by atoms with E-state index in [0.717, 1.165) is 32.7 Å². The van der Waals surface area contributed by atoms with Crippen LogP contribution in [0, 0.1) is 0 Å². The summed E-state index contributed by atoms with van der Waals surface area (Å²) in [5.41, 5.74) is 0. The van der Waals surface area contributed by atoms with Gasteiger partial charge in [0, 0.05) is 32.2 Å². The van der Waals surface area contributed by atoms with Crippen LogP contribution in [-0.2, 0) is 0 Å². The third-order valence-electron chi connectivity index (χ3n) is 3.70. The molecule has 0 aliphatic carbocycles. The van der Waals surface area contributed by atoms with Crippen LogP contribution in [0.15, 0.2) is 0 Å². The first-order chi connectivity index (χ1) is 8.19. The van der Waals surface area contributed by atoms with E-state index in [9.17, 15) is 0 Å². The maximum Gasteiger partial charge on any atom is 0.0110 e. The molecule has 1 atom stereocenters. The van der Waals surface area contributed by atoms with Crippen LogP contribution in [0.4, 0.5) is 0 Å². The Labute approximate surface area is 109 Å². The average molecular weight is 243 g/mol. The minimum absolute atomic E-state index is 0.713. The van der Waals surface area contributed by atoms with E-state index in [-0.39, 0.29) is 0 Å².